The van der Waals surface area contributed by atoms with E-state index in [1.807, 2.05) is 13.0 Å². The molecular weight excluding hydrogens is 236 g/mol. The highest BCUT2D eigenvalue weighted by Gasteiger charge is 2.28. The van der Waals surface area contributed by atoms with Gasteiger partial charge in [0, 0.05) is 18.1 Å². The first-order valence-electron chi connectivity index (χ1n) is 5.69. The summed E-state index contributed by atoms with van der Waals surface area (Å²) < 4.78 is 0. The van der Waals surface area contributed by atoms with Crippen LogP contribution in [0, 0.1) is 11.3 Å². The van der Waals surface area contributed by atoms with Crippen LogP contribution in [-0.4, -0.2) is 23.8 Å². The Hall–Kier alpha value is -1.24. The molecule has 1 aliphatic rings. The zero-order chi connectivity index (χ0) is 12.5. The van der Waals surface area contributed by atoms with Gasteiger partial charge in [0.05, 0.1) is 16.9 Å². The highest BCUT2D eigenvalue weighted by atomic mass is 35.5. The molecule has 0 spiro atoms. The van der Waals surface area contributed by atoms with Gasteiger partial charge in [-0.1, -0.05) is 11.6 Å². The van der Waals surface area contributed by atoms with Gasteiger partial charge in [-0.15, -0.1) is 0 Å². The van der Waals surface area contributed by atoms with Gasteiger partial charge in [-0.05, 0) is 38.0 Å². The van der Waals surface area contributed by atoms with Crippen molar-refractivity contribution in [2.45, 2.75) is 25.4 Å². The van der Waals surface area contributed by atoms with Crippen molar-refractivity contribution in [1.82, 2.24) is 0 Å². The fourth-order valence-electron chi connectivity index (χ4n) is 2.09. The molecule has 0 radical (unpaired) electrons. The number of hydrogen-bond donors (Lipinski definition) is 1. The van der Waals surface area contributed by atoms with Crippen LogP contribution in [0.25, 0.3) is 0 Å². The summed E-state index contributed by atoms with van der Waals surface area (Å²) in [5.41, 5.74) is 0.924. The Morgan fingerprint density at radius 1 is 1.41 bits per heavy atom. The molecule has 0 aliphatic carbocycles. The molecule has 1 fully saturated rings. The Bertz CT molecular complexity index is 455. The van der Waals surface area contributed by atoms with Gasteiger partial charge in [0.15, 0.2) is 0 Å². The van der Waals surface area contributed by atoms with Crippen LogP contribution in [-0.2, 0) is 0 Å². The average molecular weight is 251 g/mol. The third-order valence-corrected chi connectivity index (χ3v) is 3.50. The van der Waals surface area contributed by atoms with Crippen LogP contribution in [0.3, 0.4) is 0 Å². The summed E-state index contributed by atoms with van der Waals surface area (Å²) in [6, 6.07) is 7.46. The smallest absolute Gasteiger partial charge is 0.101 e. The summed E-state index contributed by atoms with van der Waals surface area (Å²) in [7, 11) is 0. The molecule has 1 saturated heterocycles. The fourth-order valence-corrected chi connectivity index (χ4v) is 2.26. The molecule has 2 rings (SSSR count). The van der Waals surface area contributed by atoms with E-state index in [4.69, 9.17) is 16.9 Å². The van der Waals surface area contributed by atoms with Crippen molar-refractivity contribution < 1.29 is 5.11 Å². The van der Waals surface area contributed by atoms with Crippen LogP contribution < -0.4 is 4.90 Å². The number of nitriles is 1. The van der Waals surface area contributed by atoms with Crippen molar-refractivity contribution in [3.8, 4) is 6.07 Å². The zero-order valence-electron chi connectivity index (χ0n) is 9.78. The molecule has 1 N–H and O–H groups in total. The lowest BCUT2D eigenvalue weighted by molar-refractivity contribution is 0.0351. The van der Waals surface area contributed by atoms with E-state index in [1.165, 1.54) is 0 Å². The van der Waals surface area contributed by atoms with Gasteiger partial charge in [0.25, 0.3) is 0 Å². The Morgan fingerprint density at radius 2 is 2.06 bits per heavy atom. The predicted molar refractivity (Wildman–Crippen MR) is 68.2 cm³/mol. The third-order valence-electron chi connectivity index (χ3n) is 3.26. The summed E-state index contributed by atoms with van der Waals surface area (Å²) in [5.74, 6) is 0. The predicted octanol–water partition coefficient (Wildman–Crippen LogP) is 2.56. The molecule has 0 saturated carbocycles. The van der Waals surface area contributed by atoms with Crippen LogP contribution in [0.2, 0.25) is 5.02 Å². The molecule has 0 amide bonds. The minimum Gasteiger partial charge on any atom is -0.390 e. The molecule has 1 aromatic carbocycles. The van der Waals surface area contributed by atoms with Gasteiger partial charge in [-0.25, -0.2) is 0 Å². The van der Waals surface area contributed by atoms with Crippen LogP contribution >= 0.6 is 11.6 Å². The van der Waals surface area contributed by atoms with E-state index in [0.717, 1.165) is 18.8 Å². The molecule has 1 aliphatic heterocycles. The minimum atomic E-state index is -0.581. The maximum Gasteiger partial charge on any atom is 0.101 e. The van der Waals surface area contributed by atoms with Gasteiger partial charge < -0.3 is 10.0 Å². The van der Waals surface area contributed by atoms with E-state index in [2.05, 4.69) is 11.0 Å². The van der Waals surface area contributed by atoms with Crippen LogP contribution in [0.1, 0.15) is 25.3 Å². The van der Waals surface area contributed by atoms with Crippen molar-refractivity contribution in [3.05, 3.63) is 28.8 Å². The molecular formula is C13H15ClN2O. The fraction of sp³-hybridized carbons (Fsp3) is 0.462. The number of halogens is 1. The Morgan fingerprint density at radius 3 is 2.65 bits per heavy atom. The normalized spacial score (nSPS) is 18.8. The number of aliphatic hydroxyl groups is 1. The molecule has 0 unspecified atom stereocenters. The molecule has 4 heteroatoms. The second kappa shape index (κ2) is 4.56. The summed E-state index contributed by atoms with van der Waals surface area (Å²) in [5, 5.41) is 19.6. The highest BCUT2D eigenvalue weighted by molar-refractivity contribution is 6.30. The number of rotatable bonds is 1. The molecule has 0 aromatic heterocycles. The second-order valence-corrected chi connectivity index (χ2v) is 5.19. The first-order chi connectivity index (χ1) is 8.02. The molecule has 0 atom stereocenters. The molecule has 0 bridgehead atoms. The molecule has 1 heterocycles. The Labute approximate surface area is 106 Å². The summed E-state index contributed by atoms with van der Waals surface area (Å²) >= 11 is 5.96. The van der Waals surface area contributed by atoms with Crippen LogP contribution in [0.4, 0.5) is 5.69 Å². The maximum absolute atomic E-state index is 9.90. The molecule has 90 valence electrons. The Kier molecular flexibility index (Phi) is 3.28. The van der Waals surface area contributed by atoms with Gasteiger partial charge in [0.1, 0.15) is 6.07 Å². The van der Waals surface area contributed by atoms with Crippen molar-refractivity contribution in [1.29, 1.82) is 5.26 Å². The maximum atomic E-state index is 9.90. The van der Waals surface area contributed by atoms with Crippen molar-refractivity contribution in [2.75, 3.05) is 18.0 Å². The number of benzene rings is 1. The minimum absolute atomic E-state index is 0.581. The first kappa shape index (κ1) is 12.2. The van der Waals surface area contributed by atoms with Crippen molar-refractivity contribution in [3.63, 3.8) is 0 Å². The third kappa shape index (κ3) is 2.71. The molecule has 17 heavy (non-hydrogen) atoms. The van der Waals surface area contributed by atoms with E-state index in [-0.39, 0.29) is 0 Å². The topological polar surface area (TPSA) is 47.3 Å². The lowest BCUT2D eigenvalue weighted by Crippen LogP contribution is -2.42. The van der Waals surface area contributed by atoms with E-state index in [0.29, 0.717) is 23.4 Å². The average Bonchev–Trinajstić information content (AvgIpc) is 2.29. The van der Waals surface area contributed by atoms with Gasteiger partial charge >= 0.3 is 0 Å². The molecule has 3 nitrogen and oxygen atoms in total. The van der Waals surface area contributed by atoms with E-state index < -0.39 is 5.60 Å². The lowest BCUT2D eigenvalue weighted by atomic mass is 9.93. The van der Waals surface area contributed by atoms with Crippen molar-refractivity contribution in [2.24, 2.45) is 0 Å². The largest absolute Gasteiger partial charge is 0.390 e. The summed E-state index contributed by atoms with van der Waals surface area (Å²) in [6.07, 6.45) is 1.43. The monoisotopic (exact) mass is 250 g/mol. The zero-order valence-corrected chi connectivity index (χ0v) is 10.5. The van der Waals surface area contributed by atoms with Crippen molar-refractivity contribution >= 4 is 17.3 Å². The van der Waals surface area contributed by atoms with E-state index in [9.17, 15) is 5.11 Å². The summed E-state index contributed by atoms with van der Waals surface area (Å²) in [4.78, 5) is 2.11. The highest BCUT2D eigenvalue weighted by Crippen LogP contribution is 2.29. The van der Waals surface area contributed by atoms with Crippen LogP contribution in [0.5, 0.6) is 0 Å². The number of piperidine rings is 1. The number of nitrogens with zero attached hydrogens (tertiary/aromatic N) is 2. The standard InChI is InChI=1S/C13H15ClN2O/c1-13(17)4-6-16(7-5-13)12-8-11(14)3-2-10(12)9-15/h2-3,8,17H,4-7H2,1H3. The van der Waals surface area contributed by atoms with Gasteiger partial charge in [-0.2, -0.15) is 5.26 Å². The second-order valence-electron chi connectivity index (χ2n) is 4.76. The van der Waals surface area contributed by atoms with Gasteiger partial charge in [-0.3, -0.25) is 0 Å². The van der Waals surface area contributed by atoms with Crippen LogP contribution in [0.15, 0.2) is 18.2 Å². The number of anilines is 1. The first-order valence-corrected chi connectivity index (χ1v) is 6.07. The van der Waals surface area contributed by atoms with E-state index >= 15 is 0 Å². The quantitative estimate of drug-likeness (QED) is 0.833. The Balaban J connectivity index is 2.24. The van der Waals surface area contributed by atoms with Gasteiger partial charge in [0.2, 0.25) is 0 Å². The number of hydrogen-bond acceptors (Lipinski definition) is 3. The lowest BCUT2D eigenvalue weighted by Gasteiger charge is -2.37. The summed E-state index contributed by atoms with van der Waals surface area (Å²) in [6.45, 7) is 3.36. The SMILES string of the molecule is CC1(O)CCN(c2cc(Cl)ccc2C#N)CC1. The van der Waals surface area contributed by atoms with E-state index in [1.54, 1.807) is 12.1 Å². The molecule has 1 aromatic rings.